The van der Waals surface area contributed by atoms with Crippen molar-refractivity contribution in [3.05, 3.63) is 29.8 Å². The first kappa shape index (κ1) is 16.2. The van der Waals surface area contributed by atoms with Gasteiger partial charge in [0.2, 0.25) is 0 Å². The van der Waals surface area contributed by atoms with Crippen molar-refractivity contribution in [2.24, 2.45) is 5.92 Å². The van der Waals surface area contributed by atoms with Gasteiger partial charge in [-0.15, -0.1) is 0 Å². The number of nitrogens with zero attached hydrogens (tertiary/aromatic N) is 1. The third-order valence-corrected chi connectivity index (χ3v) is 3.54. The van der Waals surface area contributed by atoms with Crippen LogP contribution in [-0.4, -0.2) is 12.9 Å². The van der Waals surface area contributed by atoms with Crippen molar-refractivity contribution in [3.8, 4) is 11.8 Å². The molecule has 3 nitrogen and oxygen atoms in total. The molecule has 1 unspecified atom stereocenters. The predicted molar refractivity (Wildman–Crippen MR) is 79.7 cm³/mol. The second kappa shape index (κ2) is 8.37. The van der Waals surface area contributed by atoms with Crippen molar-refractivity contribution in [1.82, 2.24) is 0 Å². The van der Waals surface area contributed by atoms with Crippen LogP contribution < -0.4 is 4.74 Å². The van der Waals surface area contributed by atoms with Gasteiger partial charge in [-0.2, -0.15) is 5.26 Å². The summed E-state index contributed by atoms with van der Waals surface area (Å²) in [6.45, 7) is 4.14. The monoisotopic (exact) mass is 273 g/mol. The van der Waals surface area contributed by atoms with E-state index in [-0.39, 0.29) is 11.7 Å². The molecule has 1 aromatic carbocycles. The molecule has 1 aromatic rings. The van der Waals surface area contributed by atoms with E-state index < -0.39 is 5.92 Å². The maximum Gasteiger partial charge on any atom is 0.157 e. The third-order valence-electron chi connectivity index (χ3n) is 3.54. The van der Waals surface area contributed by atoms with E-state index in [2.05, 4.69) is 19.9 Å². The molecule has 108 valence electrons. The summed E-state index contributed by atoms with van der Waals surface area (Å²) in [5.41, 5.74) is 0.680. The number of carbonyl (C=O) groups is 1. The van der Waals surface area contributed by atoms with Gasteiger partial charge >= 0.3 is 0 Å². The zero-order valence-electron chi connectivity index (χ0n) is 12.6. The van der Waals surface area contributed by atoms with Gasteiger partial charge in [0.05, 0.1) is 13.2 Å². The van der Waals surface area contributed by atoms with Crippen LogP contribution in [0.1, 0.15) is 51.0 Å². The second-order valence-electron chi connectivity index (χ2n) is 4.98. The molecule has 0 fully saturated rings. The molecule has 0 heterocycles. The molecule has 0 aromatic heterocycles. The molecule has 20 heavy (non-hydrogen) atoms. The summed E-state index contributed by atoms with van der Waals surface area (Å²) in [4.78, 5) is 12.6. The second-order valence-corrected chi connectivity index (χ2v) is 4.98. The van der Waals surface area contributed by atoms with Crippen molar-refractivity contribution < 1.29 is 9.53 Å². The summed E-state index contributed by atoms with van der Waals surface area (Å²) in [5.74, 6) is -0.117. The highest BCUT2D eigenvalue weighted by molar-refractivity contribution is 5.91. The summed E-state index contributed by atoms with van der Waals surface area (Å²) in [7, 11) is 1.56. The zero-order valence-corrected chi connectivity index (χ0v) is 12.6. The first-order chi connectivity index (χ1) is 9.69. The van der Waals surface area contributed by atoms with E-state index in [0.29, 0.717) is 11.3 Å². The number of methoxy groups -OCH3 is 1. The van der Waals surface area contributed by atoms with Crippen LogP contribution in [0.3, 0.4) is 0 Å². The van der Waals surface area contributed by atoms with Crippen molar-refractivity contribution in [1.29, 1.82) is 5.26 Å². The topological polar surface area (TPSA) is 50.1 Å². The van der Waals surface area contributed by atoms with E-state index in [1.54, 1.807) is 19.2 Å². The van der Waals surface area contributed by atoms with Crippen molar-refractivity contribution in [2.45, 2.75) is 45.4 Å². The fourth-order valence-corrected chi connectivity index (χ4v) is 2.55. The van der Waals surface area contributed by atoms with E-state index in [1.165, 1.54) is 0 Å². The van der Waals surface area contributed by atoms with Crippen LogP contribution in [0.25, 0.3) is 0 Å². The van der Waals surface area contributed by atoms with E-state index >= 15 is 0 Å². The molecular weight excluding hydrogens is 250 g/mol. The van der Waals surface area contributed by atoms with Crippen LogP contribution in [-0.2, 0) is 4.79 Å². The van der Waals surface area contributed by atoms with Gasteiger partial charge in [-0.25, -0.2) is 0 Å². The van der Waals surface area contributed by atoms with Gasteiger partial charge in [0, 0.05) is 11.5 Å². The first-order valence-electron chi connectivity index (χ1n) is 7.25. The molecule has 0 saturated heterocycles. The number of hydrogen-bond acceptors (Lipinski definition) is 3. The van der Waals surface area contributed by atoms with Crippen LogP contribution in [0.4, 0.5) is 0 Å². The minimum atomic E-state index is -0.728. The molecule has 0 aliphatic carbocycles. The number of nitriles is 1. The molecule has 3 heteroatoms. The number of hydrogen-bond donors (Lipinski definition) is 0. The Bertz CT molecular complexity index is 470. The number of para-hydroxylation sites is 1. The van der Waals surface area contributed by atoms with E-state index in [9.17, 15) is 10.1 Å². The Balaban J connectivity index is 3.05. The summed E-state index contributed by atoms with van der Waals surface area (Å²) in [6, 6.07) is 9.44. The van der Waals surface area contributed by atoms with E-state index in [4.69, 9.17) is 4.74 Å². The lowest BCUT2D eigenvalue weighted by Crippen LogP contribution is -2.22. The molecule has 0 saturated carbocycles. The van der Waals surface area contributed by atoms with Gasteiger partial charge < -0.3 is 4.74 Å². The predicted octanol–water partition coefficient (Wildman–Crippen LogP) is 4.09. The molecule has 0 bridgehead atoms. The number of Topliss-reactive ketones (excluding diaryl/α,β-unsaturated/α-hetero) is 1. The number of benzene rings is 1. The quantitative estimate of drug-likeness (QED) is 0.716. The minimum Gasteiger partial charge on any atom is -0.496 e. The SMILES string of the molecule is CCCC(CCC)C(=O)C(C#N)c1ccccc1OC. The largest absolute Gasteiger partial charge is 0.496 e. The van der Waals surface area contributed by atoms with Gasteiger partial charge in [-0.3, -0.25) is 4.79 Å². The summed E-state index contributed by atoms with van der Waals surface area (Å²) >= 11 is 0. The molecule has 1 rings (SSSR count). The highest BCUT2D eigenvalue weighted by Crippen LogP contribution is 2.31. The van der Waals surface area contributed by atoms with E-state index in [0.717, 1.165) is 25.7 Å². The molecule has 0 N–H and O–H groups in total. The fourth-order valence-electron chi connectivity index (χ4n) is 2.55. The minimum absolute atomic E-state index is 0.0282. The Morgan fingerprint density at radius 1 is 1.25 bits per heavy atom. The number of rotatable bonds is 8. The van der Waals surface area contributed by atoms with E-state index in [1.807, 2.05) is 12.1 Å². The van der Waals surface area contributed by atoms with Gasteiger partial charge in [0.15, 0.2) is 5.78 Å². The highest BCUT2D eigenvalue weighted by atomic mass is 16.5. The van der Waals surface area contributed by atoms with Crippen LogP contribution in [0, 0.1) is 17.2 Å². The van der Waals surface area contributed by atoms with Crippen LogP contribution in [0.5, 0.6) is 5.75 Å². The van der Waals surface area contributed by atoms with Gasteiger partial charge in [0.25, 0.3) is 0 Å². The molecule has 0 spiro atoms. The number of carbonyl (C=O) groups excluding carboxylic acids is 1. The summed E-state index contributed by atoms with van der Waals surface area (Å²) in [6.07, 6.45) is 3.61. The van der Waals surface area contributed by atoms with Crippen LogP contribution in [0.2, 0.25) is 0 Å². The zero-order chi connectivity index (χ0) is 15.0. The lowest BCUT2D eigenvalue weighted by Gasteiger charge is -2.19. The van der Waals surface area contributed by atoms with Gasteiger partial charge in [-0.1, -0.05) is 44.9 Å². The Morgan fingerprint density at radius 2 is 1.85 bits per heavy atom. The highest BCUT2D eigenvalue weighted by Gasteiger charge is 2.29. The maximum atomic E-state index is 12.6. The molecule has 0 radical (unpaired) electrons. The standard InChI is InChI=1S/C17H23NO2/c1-4-8-13(9-5-2)17(19)15(12-18)14-10-6-7-11-16(14)20-3/h6-7,10-11,13,15H,4-5,8-9H2,1-3H3. The number of ether oxygens (including phenoxy) is 1. The fraction of sp³-hybridized carbons (Fsp3) is 0.529. The Kier molecular flexibility index (Phi) is 6.79. The third kappa shape index (κ3) is 3.84. The average molecular weight is 273 g/mol. The lowest BCUT2D eigenvalue weighted by molar-refractivity contribution is -0.123. The summed E-state index contributed by atoms with van der Waals surface area (Å²) in [5, 5.41) is 9.43. The van der Waals surface area contributed by atoms with Crippen LogP contribution >= 0.6 is 0 Å². The Hall–Kier alpha value is -1.82. The molecule has 0 aliphatic heterocycles. The lowest BCUT2D eigenvalue weighted by atomic mass is 9.83. The maximum absolute atomic E-state index is 12.6. The smallest absolute Gasteiger partial charge is 0.157 e. The van der Waals surface area contributed by atoms with Crippen LogP contribution in [0.15, 0.2) is 24.3 Å². The Morgan fingerprint density at radius 3 is 2.35 bits per heavy atom. The van der Waals surface area contributed by atoms with Gasteiger partial charge in [0.1, 0.15) is 11.7 Å². The van der Waals surface area contributed by atoms with Crippen molar-refractivity contribution >= 4 is 5.78 Å². The molecule has 0 amide bonds. The summed E-state index contributed by atoms with van der Waals surface area (Å²) < 4.78 is 5.27. The average Bonchev–Trinajstić information content (AvgIpc) is 2.48. The molecular formula is C17H23NO2. The Labute approximate surface area is 121 Å². The van der Waals surface area contributed by atoms with Crippen molar-refractivity contribution in [3.63, 3.8) is 0 Å². The van der Waals surface area contributed by atoms with Crippen molar-refractivity contribution in [2.75, 3.05) is 7.11 Å². The molecule has 0 aliphatic rings. The van der Waals surface area contributed by atoms with Gasteiger partial charge in [-0.05, 0) is 18.9 Å². The number of ketones is 1. The molecule has 1 atom stereocenters. The normalized spacial score (nSPS) is 11.9. The first-order valence-corrected chi connectivity index (χ1v) is 7.25.